The first-order valence-electron chi connectivity index (χ1n) is 7.15. The van der Waals surface area contributed by atoms with Gasteiger partial charge in [-0.1, -0.05) is 59.6 Å². The van der Waals surface area contributed by atoms with E-state index >= 15 is 0 Å². The fourth-order valence-corrected chi connectivity index (χ4v) is 2.85. The number of amides is 1. The van der Waals surface area contributed by atoms with Gasteiger partial charge in [0.25, 0.3) is 10.8 Å². The van der Waals surface area contributed by atoms with Crippen molar-refractivity contribution in [1.82, 2.24) is 5.43 Å². The number of hydrogen-bond donors (Lipinski definition) is 2. The highest BCUT2D eigenvalue weighted by Crippen LogP contribution is 2.31. The van der Waals surface area contributed by atoms with Gasteiger partial charge in [-0.25, -0.2) is 5.43 Å². The molecular weight excluding hydrogens is 383 g/mol. The van der Waals surface area contributed by atoms with Crippen molar-refractivity contribution in [1.29, 1.82) is 0 Å². The molecule has 2 aromatic carbocycles. The predicted molar refractivity (Wildman–Crippen MR) is 101 cm³/mol. The zero-order valence-corrected chi connectivity index (χ0v) is 15.0. The van der Waals surface area contributed by atoms with E-state index in [1.165, 1.54) is 6.21 Å². The van der Waals surface area contributed by atoms with E-state index < -0.39 is 5.91 Å². The molecule has 4 N–H and O–H groups in total. The molecule has 0 unspecified atom stereocenters. The summed E-state index contributed by atoms with van der Waals surface area (Å²) in [6, 6.07) is 13.8. The molecule has 126 valence electrons. The van der Waals surface area contributed by atoms with Crippen molar-refractivity contribution in [2.75, 3.05) is 5.73 Å². The highest BCUT2D eigenvalue weighted by Gasteiger charge is 2.25. The van der Waals surface area contributed by atoms with Crippen LogP contribution < -0.4 is 16.1 Å². The van der Waals surface area contributed by atoms with Gasteiger partial charge in [0.15, 0.2) is 0 Å². The lowest BCUT2D eigenvalue weighted by molar-refractivity contribution is -0.379. The molecule has 8 heteroatoms. The van der Waals surface area contributed by atoms with E-state index in [0.29, 0.717) is 0 Å². The Morgan fingerprint density at radius 1 is 1.08 bits per heavy atom. The predicted octanol–water partition coefficient (Wildman–Crippen LogP) is 3.96. The highest BCUT2D eigenvalue weighted by molar-refractivity contribution is 6.45. The number of pyridine rings is 1. The van der Waals surface area contributed by atoms with Crippen LogP contribution in [0.4, 0.5) is 5.69 Å². The maximum atomic E-state index is 12.2. The summed E-state index contributed by atoms with van der Waals surface area (Å²) in [7, 11) is 0. The monoisotopic (exact) mass is 393 g/mol. The third-order valence-electron chi connectivity index (χ3n) is 3.50. The molecule has 0 aliphatic carbocycles. The van der Waals surface area contributed by atoms with Crippen molar-refractivity contribution >= 4 is 63.4 Å². The number of carbonyl (C=O) groups is 1. The van der Waals surface area contributed by atoms with Crippen LogP contribution in [0.25, 0.3) is 10.8 Å². The van der Waals surface area contributed by atoms with E-state index in [-0.39, 0.29) is 26.6 Å². The van der Waals surface area contributed by atoms with Gasteiger partial charge in [0.05, 0.1) is 11.9 Å². The van der Waals surface area contributed by atoms with Crippen molar-refractivity contribution in [3.8, 4) is 0 Å². The molecule has 3 rings (SSSR count). The fourth-order valence-electron chi connectivity index (χ4n) is 2.23. The number of halogens is 3. The molecule has 0 spiro atoms. The van der Waals surface area contributed by atoms with Gasteiger partial charge < -0.3 is 5.73 Å². The summed E-state index contributed by atoms with van der Waals surface area (Å²) >= 11 is 17.7. The van der Waals surface area contributed by atoms with E-state index in [4.69, 9.17) is 40.5 Å². The number of nitrogens with one attached hydrogen (secondary N) is 2. The Hall–Kier alpha value is -2.34. The lowest BCUT2D eigenvalue weighted by Gasteiger charge is -2.03. The van der Waals surface area contributed by atoms with Crippen molar-refractivity contribution < 1.29 is 9.78 Å². The lowest BCUT2D eigenvalue weighted by Crippen LogP contribution is -2.28. The number of anilines is 1. The number of hydrogen-bond acceptors (Lipinski definition) is 3. The topological polar surface area (TPSA) is 81.6 Å². The van der Waals surface area contributed by atoms with Gasteiger partial charge >= 0.3 is 5.91 Å². The molecule has 1 aromatic heterocycles. The summed E-state index contributed by atoms with van der Waals surface area (Å²) in [5, 5.41) is 6.18. The van der Waals surface area contributed by atoms with Crippen LogP contribution in [0.15, 0.2) is 47.6 Å². The Balaban J connectivity index is 1.78. The molecule has 1 amide bonds. The standard InChI is InChI=1S/C17H11Cl3N4O/c18-12-14(21)13(19)16(20)23-15(12)17(25)24-22-8-9-5-6-10-3-1-2-4-11(10)7-9/h1-8H,(H2,21,23)(H,24,25)/p+1/b22-8+. The molecule has 1 heterocycles. The van der Waals surface area contributed by atoms with E-state index in [0.717, 1.165) is 16.3 Å². The highest BCUT2D eigenvalue weighted by atomic mass is 35.5. The van der Waals surface area contributed by atoms with Crippen LogP contribution in [0.1, 0.15) is 16.1 Å². The van der Waals surface area contributed by atoms with E-state index in [1.54, 1.807) is 0 Å². The van der Waals surface area contributed by atoms with Gasteiger partial charge in [0, 0.05) is 0 Å². The van der Waals surface area contributed by atoms with Crippen LogP contribution in [-0.2, 0) is 0 Å². The normalized spacial score (nSPS) is 11.2. The number of hydrazone groups is 1. The second-order valence-corrected chi connectivity index (χ2v) is 6.30. The number of nitrogen functional groups attached to an aromatic ring is 1. The number of carbonyl (C=O) groups excluding carboxylic acids is 1. The quantitative estimate of drug-likeness (QED) is 0.400. The third kappa shape index (κ3) is 3.69. The number of aromatic nitrogens is 1. The van der Waals surface area contributed by atoms with Gasteiger partial charge in [-0.05, 0) is 34.0 Å². The Kier molecular flexibility index (Phi) is 5.08. The second-order valence-electron chi connectivity index (χ2n) is 5.16. The first kappa shape index (κ1) is 17.5. The van der Waals surface area contributed by atoms with Crippen LogP contribution in [-0.4, -0.2) is 12.1 Å². The number of fused-ring (bicyclic) bond motifs is 1. The maximum absolute atomic E-state index is 12.2. The average molecular weight is 395 g/mol. The number of H-pyrrole nitrogens is 1. The number of nitrogens with zero attached hydrogens (tertiary/aromatic N) is 1. The van der Waals surface area contributed by atoms with Crippen LogP contribution in [0.3, 0.4) is 0 Å². The van der Waals surface area contributed by atoms with Gasteiger partial charge in [0.1, 0.15) is 10.0 Å². The summed E-state index contributed by atoms with van der Waals surface area (Å²) in [5.74, 6) is -0.590. The molecule has 0 radical (unpaired) electrons. The average Bonchev–Trinajstić information content (AvgIpc) is 2.62. The van der Waals surface area contributed by atoms with E-state index in [2.05, 4.69) is 15.5 Å². The van der Waals surface area contributed by atoms with E-state index in [9.17, 15) is 4.79 Å². The number of aromatic amines is 1. The van der Waals surface area contributed by atoms with Crippen LogP contribution in [0.2, 0.25) is 15.2 Å². The van der Waals surface area contributed by atoms with Crippen molar-refractivity contribution in [3.05, 3.63) is 68.9 Å². The number of nitrogens with two attached hydrogens (primary N) is 1. The van der Waals surface area contributed by atoms with Crippen molar-refractivity contribution in [2.45, 2.75) is 0 Å². The number of benzene rings is 2. The summed E-state index contributed by atoms with van der Waals surface area (Å²) in [6.07, 6.45) is 1.53. The lowest BCUT2D eigenvalue weighted by atomic mass is 10.1. The van der Waals surface area contributed by atoms with Crippen molar-refractivity contribution in [2.24, 2.45) is 5.10 Å². The Bertz CT molecular complexity index is 1000. The molecular formula is C17H12Cl3N4O+. The van der Waals surface area contributed by atoms with E-state index in [1.807, 2.05) is 42.5 Å². The Labute approximate surface area is 158 Å². The zero-order valence-electron chi connectivity index (χ0n) is 12.7. The summed E-state index contributed by atoms with van der Waals surface area (Å²) in [5.41, 5.74) is 8.91. The molecule has 25 heavy (non-hydrogen) atoms. The van der Waals surface area contributed by atoms with Crippen LogP contribution >= 0.6 is 34.8 Å². The smallest absolute Gasteiger partial charge is 0.337 e. The van der Waals surface area contributed by atoms with Gasteiger partial charge in [-0.3, -0.25) is 4.79 Å². The fraction of sp³-hybridized carbons (Fsp3) is 0. The zero-order chi connectivity index (χ0) is 18.0. The minimum Gasteiger partial charge on any atom is -0.396 e. The van der Waals surface area contributed by atoms with Crippen molar-refractivity contribution in [3.63, 3.8) is 0 Å². The van der Waals surface area contributed by atoms with Crippen LogP contribution in [0.5, 0.6) is 0 Å². The summed E-state index contributed by atoms with van der Waals surface area (Å²) in [6.45, 7) is 0. The molecule has 0 fully saturated rings. The first-order valence-corrected chi connectivity index (χ1v) is 8.28. The first-order chi connectivity index (χ1) is 12.0. The summed E-state index contributed by atoms with van der Waals surface area (Å²) in [4.78, 5) is 14.8. The second kappa shape index (κ2) is 7.27. The summed E-state index contributed by atoms with van der Waals surface area (Å²) < 4.78 is 0. The third-order valence-corrected chi connectivity index (χ3v) is 4.67. The minimum absolute atomic E-state index is 0.0206. The maximum Gasteiger partial charge on any atom is 0.337 e. The molecule has 0 saturated heterocycles. The minimum atomic E-state index is -0.590. The Morgan fingerprint density at radius 2 is 1.80 bits per heavy atom. The molecule has 0 bridgehead atoms. The molecule has 0 aliphatic heterocycles. The Morgan fingerprint density at radius 3 is 2.56 bits per heavy atom. The van der Waals surface area contributed by atoms with Crippen LogP contribution in [0, 0.1) is 0 Å². The molecule has 5 nitrogen and oxygen atoms in total. The largest absolute Gasteiger partial charge is 0.396 e. The van der Waals surface area contributed by atoms with Gasteiger partial charge in [0.2, 0.25) is 0 Å². The molecule has 0 atom stereocenters. The molecule has 3 aromatic rings. The molecule has 0 saturated carbocycles. The van der Waals surface area contributed by atoms with Gasteiger partial charge in [-0.2, -0.15) is 10.1 Å². The molecule has 0 aliphatic rings. The SMILES string of the molecule is Nc1c(Cl)c(Cl)[nH+]c(C(=O)N/N=C/c2ccc3ccccc3c2)c1Cl. The van der Waals surface area contributed by atoms with Gasteiger partial charge in [-0.15, -0.1) is 0 Å². The number of rotatable bonds is 3.